The van der Waals surface area contributed by atoms with Gasteiger partial charge in [0, 0.05) is 18.9 Å². The Morgan fingerprint density at radius 1 is 1.28 bits per heavy atom. The molecule has 1 aromatic heterocycles. The number of aromatic nitrogens is 2. The average molecular weight is 314 g/mol. The van der Waals surface area contributed by atoms with E-state index in [9.17, 15) is 5.11 Å². The third-order valence-electron chi connectivity index (χ3n) is 3.52. The van der Waals surface area contributed by atoms with Crippen LogP contribution >= 0.6 is 15.9 Å². The second kappa shape index (κ2) is 7.04. The van der Waals surface area contributed by atoms with Crippen molar-refractivity contribution in [1.82, 2.24) is 9.97 Å². The van der Waals surface area contributed by atoms with Crippen molar-refractivity contribution < 1.29 is 5.11 Å². The first-order valence-corrected chi connectivity index (χ1v) is 7.44. The summed E-state index contributed by atoms with van der Waals surface area (Å²) in [5.41, 5.74) is 0. The molecule has 0 aromatic carbocycles. The van der Waals surface area contributed by atoms with Gasteiger partial charge in [0.15, 0.2) is 0 Å². The Kier molecular flexibility index (Phi) is 5.38. The van der Waals surface area contributed by atoms with E-state index in [-0.39, 0.29) is 6.10 Å². The summed E-state index contributed by atoms with van der Waals surface area (Å²) in [6.45, 7) is 0.866. The van der Waals surface area contributed by atoms with Crippen LogP contribution in [-0.2, 0) is 0 Å². The topological polar surface area (TPSA) is 58.0 Å². The van der Waals surface area contributed by atoms with Crippen molar-refractivity contribution in [2.75, 3.05) is 11.9 Å². The molecule has 2 N–H and O–H groups in total. The fraction of sp³-hybridized carbons (Fsp3) is 0.692. The maximum absolute atomic E-state index is 9.87. The number of aliphatic hydroxyl groups excluding tert-OH is 1. The number of hydrogen-bond donors (Lipinski definition) is 2. The molecule has 1 aromatic rings. The summed E-state index contributed by atoms with van der Waals surface area (Å²) >= 11 is 3.31. The summed E-state index contributed by atoms with van der Waals surface area (Å²) in [6, 6.07) is 0. The largest absolute Gasteiger partial charge is 0.393 e. The van der Waals surface area contributed by atoms with Gasteiger partial charge >= 0.3 is 0 Å². The molecular formula is C13H20BrN3O. The molecule has 1 aliphatic rings. The number of rotatable bonds is 5. The van der Waals surface area contributed by atoms with Gasteiger partial charge in [-0.15, -0.1) is 0 Å². The second-order valence-electron chi connectivity index (χ2n) is 4.91. The van der Waals surface area contributed by atoms with Crippen molar-refractivity contribution in [3.05, 3.63) is 16.9 Å². The van der Waals surface area contributed by atoms with Crippen LogP contribution in [0.4, 0.5) is 5.95 Å². The van der Waals surface area contributed by atoms with Gasteiger partial charge in [-0.2, -0.15) is 0 Å². The molecule has 0 saturated heterocycles. The third-order valence-corrected chi connectivity index (χ3v) is 3.93. The standard InChI is InChI=1S/C13H20BrN3O/c14-11-8-16-13(17-9-11)15-7-3-5-10-4-1-2-6-12(10)18/h8-10,12,18H,1-7H2,(H,15,16,17). The van der Waals surface area contributed by atoms with Crippen molar-refractivity contribution in [1.29, 1.82) is 0 Å². The number of halogens is 1. The van der Waals surface area contributed by atoms with Crippen LogP contribution in [0.15, 0.2) is 16.9 Å². The number of anilines is 1. The lowest BCUT2D eigenvalue weighted by Gasteiger charge is -2.27. The maximum Gasteiger partial charge on any atom is 0.222 e. The molecule has 4 nitrogen and oxygen atoms in total. The van der Waals surface area contributed by atoms with Crippen molar-refractivity contribution in [2.45, 2.75) is 44.6 Å². The van der Waals surface area contributed by atoms with Crippen LogP contribution < -0.4 is 5.32 Å². The van der Waals surface area contributed by atoms with Crippen LogP contribution in [0.2, 0.25) is 0 Å². The van der Waals surface area contributed by atoms with Crippen LogP contribution in [0.25, 0.3) is 0 Å². The van der Waals surface area contributed by atoms with E-state index in [1.807, 2.05) is 0 Å². The van der Waals surface area contributed by atoms with Gasteiger partial charge < -0.3 is 10.4 Å². The van der Waals surface area contributed by atoms with Crippen LogP contribution in [0.1, 0.15) is 38.5 Å². The molecule has 5 heteroatoms. The van der Waals surface area contributed by atoms with Gasteiger partial charge in [-0.05, 0) is 47.5 Å². The third kappa shape index (κ3) is 4.21. The molecule has 0 bridgehead atoms. The fourth-order valence-electron chi connectivity index (χ4n) is 2.49. The van der Waals surface area contributed by atoms with Gasteiger partial charge in [0.25, 0.3) is 0 Å². The van der Waals surface area contributed by atoms with Gasteiger partial charge in [0.05, 0.1) is 10.6 Å². The van der Waals surface area contributed by atoms with Crippen molar-refractivity contribution in [3.63, 3.8) is 0 Å². The first kappa shape index (κ1) is 13.7. The van der Waals surface area contributed by atoms with E-state index in [0.717, 1.165) is 30.3 Å². The number of aliphatic hydroxyl groups is 1. The molecule has 0 spiro atoms. The van der Waals surface area contributed by atoms with E-state index in [2.05, 4.69) is 31.2 Å². The van der Waals surface area contributed by atoms with E-state index < -0.39 is 0 Å². The van der Waals surface area contributed by atoms with Gasteiger partial charge in [-0.3, -0.25) is 0 Å². The Hall–Kier alpha value is -0.680. The van der Waals surface area contributed by atoms with Gasteiger partial charge in [-0.1, -0.05) is 12.8 Å². The Labute approximate surface area is 116 Å². The molecule has 1 aliphatic carbocycles. The Balaban J connectivity index is 1.65. The van der Waals surface area contributed by atoms with Crippen molar-refractivity contribution in [3.8, 4) is 0 Å². The quantitative estimate of drug-likeness (QED) is 0.820. The van der Waals surface area contributed by atoms with Gasteiger partial charge in [0.2, 0.25) is 5.95 Å². The zero-order chi connectivity index (χ0) is 12.8. The molecule has 2 rings (SSSR count). The first-order chi connectivity index (χ1) is 8.75. The summed E-state index contributed by atoms with van der Waals surface area (Å²) in [5.74, 6) is 1.16. The smallest absolute Gasteiger partial charge is 0.222 e. The van der Waals surface area contributed by atoms with Crippen LogP contribution in [0.3, 0.4) is 0 Å². The van der Waals surface area contributed by atoms with Gasteiger partial charge in [0.1, 0.15) is 0 Å². The predicted molar refractivity (Wildman–Crippen MR) is 75.4 cm³/mol. The van der Waals surface area contributed by atoms with E-state index in [4.69, 9.17) is 0 Å². The molecule has 18 heavy (non-hydrogen) atoms. The Morgan fingerprint density at radius 2 is 2.00 bits per heavy atom. The normalized spacial score (nSPS) is 23.9. The van der Waals surface area contributed by atoms with Crippen molar-refractivity contribution in [2.24, 2.45) is 5.92 Å². The highest BCUT2D eigenvalue weighted by molar-refractivity contribution is 9.10. The summed E-state index contributed by atoms with van der Waals surface area (Å²) in [5, 5.41) is 13.1. The fourth-order valence-corrected chi connectivity index (χ4v) is 2.70. The molecule has 0 amide bonds. The lowest BCUT2D eigenvalue weighted by Crippen LogP contribution is -2.24. The van der Waals surface area contributed by atoms with Crippen LogP contribution in [-0.4, -0.2) is 27.7 Å². The lowest BCUT2D eigenvalue weighted by atomic mass is 9.83. The number of nitrogens with one attached hydrogen (secondary N) is 1. The number of nitrogens with zero attached hydrogens (tertiary/aromatic N) is 2. The minimum absolute atomic E-state index is 0.0809. The molecule has 2 atom stereocenters. The highest BCUT2D eigenvalue weighted by Crippen LogP contribution is 2.27. The van der Waals surface area contributed by atoms with Crippen LogP contribution in [0.5, 0.6) is 0 Å². The van der Waals surface area contributed by atoms with E-state index in [1.165, 1.54) is 19.3 Å². The monoisotopic (exact) mass is 313 g/mol. The molecular weight excluding hydrogens is 294 g/mol. The van der Waals surface area contributed by atoms with Gasteiger partial charge in [-0.25, -0.2) is 9.97 Å². The molecule has 2 unspecified atom stereocenters. The van der Waals surface area contributed by atoms with E-state index in [1.54, 1.807) is 12.4 Å². The molecule has 1 saturated carbocycles. The maximum atomic E-state index is 9.87. The first-order valence-electron chi connectivity index (χ1n) is 6.65. The molecule has 1 heterocycles. The van der Waals surface area contributed by atoms with Crippen molar-refractivity contribution >= 4 is 21.9 Å². The predicted octanol–water partition coefficient (Wildman–Crippen LogP) is 2.98. The molecule has 0 aliphatic heterocycles. The summed E-state index contributed by atoms with van der Waals surface area (Å²) in [7, 11) is 0. The molecule has 0 radical (unpaired) electrons. The second-order valence-corrected chi connectivity index (χ2v) is 5.82. The lowest BCUT2D eigenvalue weighted by molar-refractivity contribution is 0.0648. The SMILES string of the molecule is OC1CCCCC1CCCNc1ncc(Br)cn1. The highest BCUT2D eigenvalue weighted by atomic mass is 79.9. The Bertz CT molecular complexity index is 358. The zero-order valence-electron chi connectivity index (χ0n) is 10.5. The molecule has 1 fully saturated rings. The summed E-state index contributed by atoms with van der Waals surface area (Å²) in [6.07, 6.45) is 10.1. The van der Waals surface area contributed by atoms with E-state index >= 15 is 0 Å². The zero-order valence-corrected chi connectivity index (χ0v) is 12.1. The van der Waals surface area contributed by atoms with E-state index in [0.29, 0.717) is 11.9 Å². The highest BCUT2D eigenvalue weighted by Gasteiger charge is 2.22. The van der Waals surface area contributed by atoms with Crippen LogP contribution in [0, 0.1) is 5.92 Å². The molecule has 100 valence electrons. The Morgan fingerprint density at radius 3 is 2.72 bits per heavy atom. The number of hydrogen-bond acceptors (Lipinski definition) is 4. The minimum Gasteiger partial charge on any atom is -0.393 e. The summed E-state index contributed by atoms with van der Waals surface area (Å²) in [4.78, 5) is 8.32. The minimum atomic E-state index is -0.0809. The summed E-state index contributed by atoms with van der Waals surface area (Å²) < 4.78 is 0.887. The average Bonchev–Trinajstić information content (AvgIpc) is 2.39.